The molecule has 0 radical (unpaired) electrons. The highest BCUT2D eigenvalue weighted by atomic mass is 35.5. The SMILES string of the molecule is N#CC(C(=O)c1ccc(Cl)c2ncccc12)c1nc2ccccc2[nH]1. The molecule has 2 heterocycles. The van der Waals surface area contributed by atoms with Gasteiger partial charge in [-0.25, -0.2) is 4.98 Å². The number of para-hydroxylation sites is 2. The molecule has 4 aromatic rings. The van der Waals surface area contributed by atoms with Crippen LogP contribution in [0.25, 0.3) is 21.9 Å². The highest BCUT2D eigenvalue weighted by Gasteiger charge is 2.26. The molecule has 1 N–H and O–H groups in total. The number of nitriles is 1. The number of hydrogen-bond donors (Lipinski definition) is 1. The summed E-state index contributed by atoms with van der Waals surface area (Å²) < 4.78 is 0. The Morgan fingerprint density at radius 1 is 1.16 bits per heavy atom. The van der Waals surface area contributed by atoms with Gasteiger partial charge in [-0.1, -0.05) is 29.8 Å². The van der Waals surface area contributed by atoms with Crippen LogP contribution in [-0.4, -0.2) is 20.7 Å². The van der Waals surface area contributed by atoms with E-state index in [1.165, 1.54) is 0 Å². The lowest BCUT2D eigenvalue weighted by Crippen LogP contribution is -2.13. The van der Waals surface area contributed by atoms with Crippen molar-refractivity contribution in [1.29, 1.82) is 5.26 Å². The number of hydrogen-bond acceptors (Lipinski definition) is 4. The summed E-state index contributed by atoms with van der Waals surface area (Å²) in [6.07, 6.45) is 1.61. The third kappa shape index (κ3) is 2.53. The minimum atomic E-state index is -1.03. The van der Waals surface area contributed by atoms with Gasteiger partial charge < -0.3 is 4.98 Å². The summed E-state index contributed by atoms with van der Waals surface area (Å²) in [5.41, 5.74) is 2.44. The van der Waals surface area contributed by atoms with E-state index in [0.717, 1.165) is 5.52 Å². The zero-order valence-corrected chi connectivity index (χ0v) is 13.7. The van der Waals surface area contributed by atoms with Crippen LogP contribution < -0.4 is 0 Å². The lowest BCUT2D eigenvalue weighted by molar-refractivity contribution is 0.0978. The molecule has 0 saturated heterocycles. The van der Waals surface area contributed by atoms with Crippen LogP contribution in [0.4, 0.5) is 0 Å². The fraction of sp³-hybridized carbons (Fsp3) is 0.0526. The Bertz CT molecular complexity index is 1130. The average molecular weight is 347 g/mol. The van der Waals surface area contributed by atoms with E-state index < -0.39 is 5.92 Å². The summed E-state index contributed by atoms with van der Waals surface area (Å²) in [5.74, 6) is -1.03. The normalized spacial score (nSPS) is 12.2. The van der Waals surface area contributed by atoms with Gasteiger partial charge in [0.05, 0.1) is 27.6 Å². The fourth-order valence-corrected chi connectivity index (χ4v) is 3.08. The van der Waals surface area contributed by atoms with Crippen LogP contribution in [0.1, 0.15) is 22.1 Å². The topological polar surface area (TPSA) is 82.4 Å². The monoisotopic (exact) mass is 346 g/mol. The lowest BCUT2D eigenvalue weighted by Gasteiger charge is -2.09. The summed E-state index contributed by atoms with van der Waals surface area (Å²) in [6.45, 7) is 0. The minimum absolute atomic E-state index is 0.334. The van der Waals surface area contributed by atoms with Gasteiger partial charge in [0.25, 0.3) is 0 Å². The number of aromatic nitrogens is 3. The number of halogens is 1. The lowest BCUT2D eigenvalue weighted by atomic mass is 9.95. The number of H-pyrrole nitrogens is 1. The summed E-state index contributed by atoms with van der Waals surface area (Å²) in [6, 6.07) is 16.2. The first kappa shape index (κ1) is 15.3. The molecule has 0 saturated carbocycles. The molecule has 0 aliphatic carbocycles. The van der Waals surface area contributed by atoms with Gasteiger partial charge in [0.2, 0.25) is 0 Å². The summed E-state index contributed by atoms with van der Waals surface area (Å²) in [4.78, 5) is 24.7. The molecule has 0 bridgehead atoms. The van der Waals surface area contributed by atoms with Crippen LogP contribution in [0.5, 0.6) is 0 Å². The number of aromatic amines is 1. The molecule has 120 valence electrons. The Hall–Kier alpha value is -3.23. The van der Waals surface area contributed by atoms with Gasteiger partial charge in [0.15, 0.2) is 11.7 Å². The molecule has 2 aromatic carbocycles. The number of benzene rings is 2. The minimum Gasteiger partial charge on any atom is -0.340 e. The first-order chi connectivity index (χ1) is 12.2. The number of carbonyl (C=O) groups is 1. The number of fused-ring (bicyclic) bond motifs is 2. The van der Waals surface area contributed by atoms with Crippen molar-refractivity contribution < 1.29 is 4.79 Å². The smallest absolute Gasteiger partial charge is 0.188 e. The van der Waals surface area contributed by atoms with E-state index in [0.29, 0.717) is 32.8 Å². The first-order valence-electron chi connectivity index (χ1n) is 7.61. The molecule has 4 rings (SSSR count). The summed E-state index contributed by atoms with van der Waals surface area (Å²) in [5, 5.41) is 10.7. The second-order valence-electron chi connectivity index (χ2n) is 5.56. The molecule has 2 aromatic heterocycles. The number of imidazole rings is 1. The highest BCUT2D eigenvalue weighted by molar-refractivity contribution is 6.35. The van der Waals surface area contributed by atoms with Gasteiger partial charge in [-0.15, -0.1) is 0 Å². The maximum atomic E-state index is 13.0. The van der Waals surface area contributed by atoms with Crippen molar-refractivity contribution in [2.75, 3.05) is 0 Å². The Kier molecular flexibility index (Phi) is 3.68. The second-order valence-corrected chi connectivity index (χ2v) is 5.97. The van der Waals surface area contributed by atoms with Crippen molar-refractivity contribution in [3.05, 3.63) is 71.1 Å². The third-order valence-corrected chi connectivity index (χ3v) is 4.36. The quantitative estimate of drug-likeness (QED) is 0.562. The van der Waals surface area contributed by atoms with E-state index in [1.54, 1.807) is 30.5 Å². The van der Waals surface area contributed by atoms with Crippen LogP contribution in [-0.2, 0) is 0 Å². The van der Waals surface area contributed by atoms with E-state index in [2.05, 4.69) is 21.0 Å². The van der Waals surface area contributed by atoms with Gasteiger partial charge in [-0.05, 0) is 30.3 Å². The van der Waals surface area contributed by atoms with E-state index >= 15 is 0 Å². The molecule has 0 aliphatic heterocycles. The molecule has 0 aliphatic rings. The number of nitrogens with zero attached hydrogens (tertiary/aromatic N) is 3. The maximum absolute atomic E-state index is 13.0. The van der Waals surface area contributed by atoms with Gasteiger partial charge in [-0.3, -0.25) is 9.78 Å². The Balaban J connectivity index is 1.84. The molecule has 0 fully saturated rings. The first-order valence-corrected chi connectivity index (χ1v) is 7.98. The van der Waals surface area contributed by atoms with Crippen molar-refractivity contribution in [1.82, 2.24) is 15.0 Å². The van der Waals surface area contributed by atoms with Crippen molar-refractivity contribution >= 4 is 39.3 Å². The molecule has 1 atom stereocenters. The summed E-state index contributed by atoms with van der Waals surface area (Å²) in [7, 11) is 0. The number of nitrogens with one attached hydrogen (secondary N) is 1. The van der Waals surface area contributed by atoms with E-state index in [-0.39, 0.29) is 5.78 Å². The van der Waals surface area contributed by atoms with E-state index in [4.69, 9.17) is 11.6 Å². The number of pyridine rings is 1. The standard InChI is InChI=1S/C19H11ClN4O/c20-14-8-7-12(11-4-3-9-22-17(11)14)18(25)13(10-21)19-23-15-5-1-2-6-16(15)24-19/h1-9,13H,(H,23,24). The Morgan fingerprint density at radius 2 is 2.00 bits per heavy atom. The maximum Gasteiger partial charge on any atom is 0.188 e. The van der Waals surface area contributed by atoms with Crippen LogP contribution in [0.2, 0.25) is 5.02 Å². The molecule has 0 amide bonds. The zero-order valence-electron chi connectivity index (χ0n) is 12.9. The zero-order chi connectivity index (χ0) is 17.4. The van der Waals surface area contributed by atoms with Gasteiger partial charge >= 0.3 is 0 Å². The predicted molar refractivity (Wildman–Crippen MR) is 95.5 cm³/mol. The van der Waals surface area contributed by atoms with Crippen molar-refractivity contribution in [2.45, 2.75) is 5.92 Å². The third-order valence-electron chi connectivity index (χ3n) is 4.06. The number of carbonyl (C=O) groups excluding carboxylic acids is 1. The molecular weight excluding hydrogens is 336 g/mol. The molecule has 6 heteroatoms. The van der Waals surface area contributed by atoms with Gasteiger partial charge in [0, 0.05) is 17.1 Å². The molecular formula is C19H11ClN4O. The molecule has 0 spiro atoms. The second kappa shape index (κ2) is 6.00. The van der Waals surface area contributed by atoms with Crippen LogP contribution in [0.15, 0.2) is 54.7 Å². The van der Waals surface area contributed by atoms with Crippen molar-refractivity contribution in [3.63, 3.8) is 0 Å². The van der Waals surface area contributed by atoms with Crippen molar-refractivity contribution in [3.8, 4) is 6.07 Å². The number of ketones is 1. The van der Waals surface area contributed by atoms with Crippen LogP contribution in [0, 0.1) is 11.3 Å². The van der Waals surface area contributed by atoms with E-state index in [1.807, 2.05) is 24.3 Å². The van der Waals surface area contributed by atoms with Gasteiger partial charge in [0.1, 0.15) is 5.82 Å². The van der Waals surface area contributed by atoms with Crippen LogP contribution in [0.3, 0.4) is 0 Å². The van der Waals surface area contributed by atoms with E-state index in [9.17, 15) is 10.1 Å². The molecule has 5 nitrogen and oxygen atoms in total. The number of rotatable bonds is 3. The highest BCUT2D eigenvalue weighted by Crippen LogP contribution is 2.28. The largest absolute Gasteiger partial charge is 0.340 e. The molecule has 25 heavy (non-hydrogen) atoms. The fourth-order valence-electron chi connectivity index (χ4n) is 2.86. The van der Waals surface area contributed by atoms with Crippen LogP contribution >= 0.6 is 11.6 Å². The summed E-state index contributed by atoms with van der Waals surface area (Å²) >= 11 is 6.16. The van der Waals surface area contributed by atoms with Crippen molar-refractivity contribution in [2.24, 2.45) is 0 Å². The molecule has 1 unspecified atom stereocenters. The van der Waals surface area contributed by atoms with Gasteiger partial charge in [-0.2, -0.15) is 5.26 Å². The number of Topliss-reactive ketones (excluding diaryl/α,β-unsaturated/α-hetero) is 1. The predicted octanol–water partition coefficient (Wildman–Crippen LogP) is 4.25. The Labute approximate surface area is 147 Å². The average Bonchev–Trinajstić information content (AvgIpc) is 3.06. The Morgan fingerprint density at radius 3 is 2.80 bits per heavy atom.